The number of nitrogens with one attached hydrogen (secondary N) is 2. The van der Waals surface area contributed by atoms with E-state index >= 15 is 0 Å². The third-order valence-corrected chi connectivity index (χ3v) is 4.81. The number of ether oxygens (including phenoxy) is 1. The van der Waals surface area contributed by atoms with Crippen LogP contribution >= 0.6 is 11.6 Å². The Labute approximate surface area is 163 Å². The summed E-state index contributed by atoms with van der Waals surface area (Å²) < 4.78 is 7.41. The van der Waals surface area contributed by atoms with Crippen molar-refractivity contribution in [2.45, 2.75) is 18.9 Å². The largest absolute Gasteiger partial charge is 0.484 e. The molecule has 0 saturated carbocycles. The number of benzene rings is 1. The maximum atomic E-state index is 12.2. The first-order valence-electron chi connectivity index (χ1n) is 8.84. The fourth-order valence-electron chi connectivity index (χ4n) is 3.25. The number of carbonyl (C=O) groups is 2. The second kappa shape index (κ2) is 8.92. The average molecular weight is 391 g/mol. The number of aromatic nitrogens is 1. The van der Waals surface area contributed by atoms with Crippen LogP contribution in [0.15, 0.2) is 42.6 Å². The Morgan fingerprint density at radius 2 is 1.93 bits per heavy atom. The minimum Gasteiger partial charge on any atom is -0.484 e. The van der Waals surface area contributed by atoms with E-state index in [1.165, 1.54) is 5.69 Å². The lowest BCUT2D eigenvalue weighted by Crippen LogP contribution is -2.47. The molecule has 3 rings (SSSR count). The molecule has 1 aromatic heterocycles. The molecule has 2 amide bonds. The van der Waals surface area contributed by atoms with Gasteiger partial charge in [0.2, 0.25) is 0 Å². The van der Waals surface area contributed by atoms with Crippen LogP contribution in [0.3, 0.4) is 0 Å². The van der Waals surface area contributed by atoms with E-state index in [1.54, 1.807) is 24.3 Å². The van der Waals surface area contributed by atoms with E-state index in [4.69, 9.17) is 16.3 Å². The van der Waals surface area contributed by atoms with Crippen molar-refractivity contribution in [1.29, 1.82) is 0 Å². The molecule has 2 N–H and O–H groups in total. The Kier molecular flexibility index (Phi) is 6.36. The third kappa shape index (κ3) is 5.24. The molecule has 0 radical (unpaired) electrons. The molecule has 2 heterocycles. The summed E-state index contributed by atoms with van der Waals surface area (Å²) in [6, 6.07) is 11.0. The number of hydrogen-bond donors (Lipinski definition) is 2. The summed E-state index contributed by atoms with van der Waals surface area (Å²) in [6.45, 7) is 0.892. The normalized spacial score (nSPS) is 16.9. The van der Waals surface area contributed by atoms with Crippen molar-refractivity contribution < 1.29 is 14.3 Å². The van der Waals surface area contributed by atoms with Gasteiger partial charge in [0.1, 0.15) is 5.75 Å². The first-order valence-corrected chi connectivity index (χ1v) is 9.22. The average Bonchev–Trinajstić information content (AvgIpc) is 3.27. The summed E-state index contributed by atoms with van der Waals surface area (Å²) in [5, 5.41) is 0.592. The highest BCUT2D eigenvalue weighted by molar-refractivity contribution is 6.30. The van der Waals surface area contributed by atoms with E-state index < -0.39 is 5.91 Å². The predicted octanol–water partition coefficient (Wildman–Crippen LogP) is 2.04. The Hall–Kier alpha value is -2.51. The van der Waals surface area contributed by atoms with Gasteiger partial charge in [0.05, 0.1) is 12.6 Å². The van der Waals surface area contributed by atoms with E-state index in [0.717, 1.165) is 19.4 Å². The molecule has 7 nitrogen and oxygen atoms in total. The molecule has 0 spiro atoms. The lowest BCUT2D eigenvalue weighted by atomic mass is 10.1. The monoisotopic (exact) mass is 390 g/mol. The molecular formula is C19H23ClN4O3. The molecule has 27 heavy (non-hydrogen) atoms. The van der Waals surface area contributed by atoms with Gasteiger partial charge in [-0.15, -0.1) is 0 Å². The molecular weight excluding hydrogens is 368 g/mol. The molecule has 1 atom stereocenters. The minimum absolute atomic E-state index is 0.197. The standard InChI is InChI=1S/C19H23ClN4O3/c1-23-10-2-4-16(23)17-5-3-11-24(17)12-18(25)21-22-19(26)13-27-15-8-6-14(20)7-9-15/h2,4,6-10,17H,3,5,11-13H2,1H3,(H,21,25)(H,22,26)/t17-/m0/s1. The molecule has 1 fully saturated rings. The molecule has 0 unspecified atom stereocenters. The van der Waals surface area contributed by atoms with Crippen LogP contribution in [0.4, 0.5) is 0 Å². The first-order chi connectivity index (χ1) is 13.0. The molecule has 8 heteroatoms. The topological polar surface area (TPSA) is 75.6 Å². The maximum Gasteiger partial charge on any atom is 0.276 e. The van der Waals surface area contributed by atoms with Crippen molar-refractivity contribution >= 4 is 23.4 Å². The number of nitrogens with zero attached hydrogens (tertiary/aromatic N) is 2. The van der Waals surface area contributed by atoms with E-state index in [9.17, 15) is 9.59 Å². The van der Waals surface area contributed by atoms with Crippen LogP contribution in [0.2, 0.25) is 5.02 Å². The molecule has 1 aromatic carbocycles. The van der Waals surface area contributed by atoms with E-state index in [-0.39, 0.29) is 25.1 Å². The number of carbonyl (C=O) groups excluding carboxylic acids is 2. The van der Waals surface area contributed by atoms with E-state index in [2.05, 4.69) is 26.4 Å². The lowest BCUT2D eigenvalue weighted by molar-refractivity contribution is -0.130. The molecule has 0 bridgehead atoms. The van der Waals surface area contributed by atoms with Gasteiger partial charge >= 0.3 is 0 Å². The van der Waals surface area contributed by atoms with Crippen LogP contribution < -0.4 is 15.6 Å². The highest BCUT2D eigenvalue weighted by atomic mass is 35.5. The van der Waals surface area contributed by atoms with Gasteiger partial charge in [-0.1, -0.05) is 11.6 Å². The highest BCUT2D eigenvalue weighted by Crippen LogP contribution is 2.31. The van der Waals surface area contributed by atoms with Crippen LogP contribution in [0.25, 0.3) is 0 Å². The summed E-state index contributed by atoms with van der Waals surface area (Å²) in [6.07, 6.45) is 4.07. The Balaban J connectivity index is 1.41. The summed E-state index contributed by atoms with van der Waals surface area (Å²) in [7, 11) is 2.01. The number of hydrazine groups is 1. The Bertz CT molecular complexity index is 791. The second-order valence-electron chi connectivity index (χ2n) is 6.51. The summed E-state index contributed by atoms with van der Waals surface area (Å²) >= 11 is 5.79. The van der Waals surface area contributed by atoms with Crippen molar-refractivity contribution in [3.8, 4) is 5.75 Å². The quantitative estimate of drug-likeness (QED) is 0.740. The smallest absolute Gasteiger partial charge is 0.276 e. The zero-order chi connectivity index (χ0) is 19.2. The molecule has 0 aliphatic carbocycles. The van der Waals surface area contributed by atoms with Crippen LogP contribution in [-0.4, -0.2) is 41.0 Å². The van der Waals surface area contributed by atoms with Crippen molar-refractivity contribution in [2.75, 3.05) is 19.7 Å². The van der Waals surface area contributed by atoms with Gasteiger partial charge < -0.3 is 9.30 Å². The lowest BCUT2D eigenvalue weighted by Gasteiger charge is -2.24. The number of halogens is 1. The summed E-state index contributed by atoms with van der Waals surface area (Å²) in [5.74, 6) is -0.155. The van der Waals surface area contributed by atoms with Gasteiger partial charge in [0.25, 0.3) is 11.8 Å². The van der Waals surface area contributed by atoms with Crippen molar-refractivity contribution in [3.05, 3.63) is 53.3 Å². The number of rotatable bonds is 6. The van der Waals surface area contributed by atoms with Crippen LogP contribution in [-0.2, 0) is 16.6 Å². The Morgan fingerprint density at radius 3 is 2.63 bits per heavy atom. The molecule has 1 aliphatic rings. The van der Waals surface area contributed by atoms with Gasteiger partial charge in [-0.05, 0) is 55.8 Å². The van der Waals surface area contributed by atoms with Gasteiger partial charge in [-0.2, -0.15) is 0 Å². The third-order valence-electron chi connectivity index (χ3n) is 4.56. The Morgan fingerprint density at radius 1 is 1.19 bits per heavy atom. The maximum absolute atomic E-state index is 12.2. The van der Waals surface area contributed by atoms with Crippen molar-refractivity contribution in [1.82, 2.24) is 20.3 Å². The summed E-state index contributed by atoms with van der Waals surface area (Å²) in [4.78, 5) is 26.1. The van der Waals surface area contributed by atoms with Gasteiger partial charge in [-0.3, -0.25) is 25.3 Å². The minimum atomic E-state index is -0.432. The molecule has 1 aliphatic heterocycles. The molecule has 144 valence electrons. The molecule has 1 saturated heterocycles. The van der Waals surface area contributed by atoms with Gasteiger partial charge in [0, 0.05) is 24.0 Å². The van der Waals surface area contributed by atoms with E-state index in [1.807, 2.05) is 19.3 Å². The zero-order valence-corrected chi connectivity index (χ0v) is 15.9. The number of aryl methyl sites for hydroxylation is 1. The zero-order valence-electron chi connectivity index (χ0n) is 15.2. The fourth-order valence-corrected chi connectivity index (χ4v) is 3.38. The predicted molar refractivity (Wildman–Crippen MR) is 102 cm³/mol. The summed E-state index contributed by atoms with van der Waals surface area (Å²) in [5.41, 5.74) is 6.02. The van der Waals surface area contributed by atoms with Gasteiger partial charge in [0.15, 0.2) is 6.61 Å². The second-order valence-corrected chi connectivity index (χ2v) is 6.95. The number of amides is 2. The fraction of sp³-hybridized carbons (Fsp3) is 0.368. The van der Waals surface area contributed by atoms with E-state index in [0.29, 0.717) is 10.8 Å². The first kappa shape index (κ1) is 19.3. The van der Waals surface area contributed by atoms with Crippen molar-refractivity contribution in [2.24, 2.45) is 7.05 Å². The van der Waals surface area contributed by atoms with Crippen molar-refractivity contribution in [3.63, 3.8) is 0 Å². The van der Waals surface area contributed by atoms with Crippen LogP contribution in [0.5, 0.6) is 5.75 Å². The van der Waals surface area contributed by atoms with Crippen LogP contribution in [0.1, 0.15) is 24.6 Å². The highest BCUT2D eigenvalue weighted by Gasteiger charge is 2.28. The van der Waals surface area contributed by atoms with Gasteiger partial charge in [-0.25, -0.2) is 0 Å². The SMILES string of the molecule is Cn1cccc1[C@@H]1CCCN1CC(=O)NNC(=O)COc1ccc(Cl)cc1. The number of hydrogen-bond acceptors (Lipinski definition) is 4. The number of likely N-dealkylation sites (tertiary alicyclic amines) is 1. The van der Waals surface area contributed by atoms with Crippen LogP contribution in [0, 0.1) is 0 Å². The molecule has 2 aromatic rings.